The molecule has 0 spiro atoms. The zero-order chi connectivity index (χ0) is 17.2. The number of methoxy groups -OCH3 is 1. The first-order valence-electron chi connectivity index (χ1n) is 7.32. The van der Waals surface area contributed by atoms with Crippen molar-refractivity contribution in [3.8, 4) is 5.75 Å². The van der Waals surface area contributed by atoms with Gasteiger partial charge < -0.3 is 9.64 Å². The summed E-state index contributed by atoms with van der Waals surface area (Å²) in [4.78, 5) is 13.6. The molecular formula is C15H21ClN2O4S. The van der Waals surface area contributed by atoms with Crippen molar-refractivity contribution >= 4 is 27.5 Å². The van der Waals surface area contributed by atoms with E-state index in [1.807, 2.05) is 0 Å². The molecular weight excluding hydrogens is 340 g/mol. The van der Waals surface area contributed by atoms with Crippen LogP contribution in [-0.4, -0.2) is 57.8 Å². The molecule has 23 heavy (non-hydrogen) atoms. The summed E-state index contributed by atoms with van der Waals surface area (Å²) < 4.78 is 32.2. The van der Waals surface area contributed by atoms with Crippen molar-refractivity contribution in [1.29, 1.82) is 0 Å². The number of piperidine rings is 1. The van der Waals surface area contributed by atoms with E-state index in [9.17, 15) is 13.2 Å². The van der Waals surface area contributed by atoms with Gasteiger partial charge in [-0.25, -0.2) is 8.42 Å². The molecule has 1 aromatic rings. The molecule has 0 bridgehead atoms. The third-order valence-corrected chi connectivity index (χ3v) is 6.14. The van der Waals surface area contributed by atoms with Crippen molar-refractivity contribution in [2.75, 3.05) is 34.3 Å². The second-order valence-corrected chi connectivity index (χ2v) is 8.05. The van der Waals surface area contributed by atoms with Crippen molar-refractivity contribution in [1.82, 2.24) is 9.21 Å². The van der Waals surface area contributed by atoms with Gasteiger partial charge in [0.2, 0.25) is 15.9 Å². The molecule has 1 fully saturated rings. The number of benzene rings is 1. The van der Waals surface area contributed by atoms with E-state index in [0.717, 1.165) is 0 Å². The van der Waals surface area contributed by atoms with Gasteiger partial charge in [0, 0.05) is 38.1 Å². The van der Waals surface area contributed by atoms with Crippen molar-refractivity contribution in [2.24, 2.45) is 5.92 Å². The van der Waals surface area contributed by atoms with Gasteiger partial charge in [-0.1, -0.05) is 11.6 Å². The van der Waals surface area contributed by atoms with Gasteiger partial charge in [0.1, 0.15) is 10.6 Å². The molecule has 1 aliphatic rings. The third kappa shape index (κ3) is 3.79. The number of halogens is 1. The van der Waals surface area contributed by atoms with Crippen LogP contribution in [0.1, 0.15) is 12.8 Å². The number of sulfonamides is 1. The fourth-order valence-corrected chi connectivity index (χ4v) is 4.59. The van der Waals surface area contributed by atoms with Crippen molar-refractivity contribution in [3.63, 3.8) is 0 Å². The molecule has 1 heterocycles. The quantitative estimate of drug-likeness (QED) is 0.821. The number of hydrogen-bond donors (Lipinski definition) is 0. The van der Waals surface area contributed by atoms with Gasteiger partial charge in [-0.15, -0.1) is 0 Å². The maximum absolute atomic E-state index is 12.8. The Hall–Kier alpha value is -1.31. The van der Waals surface area contributed by atoms with Crippen LogP contribution in [0.15, 0.2) is 23.1 Å². The van der Waals surface area contributed by atoms with Gasteiger partial charge in [-0.05, 0) is 31.0 Å². The summed E-state index contributed by atoms with van der Waals surface area (Å²) in [6.07, 6.45) is 1.03. The van der Waals surface area contributed by atoms with Gasteiger partial charge in [0.25, 0.3) is 0 Å². The molecule has 0 radical (unpaired) electrons. The lowest BCUT2D eigenvalue weighted by atomic mass is 9.97. The van der Waals surface area contributed by atoms with E-state index in [-0.39, 0.29) is 22.5 Å². The fraction of sp³-hybridized carbons (Fsp3) is 0.533. The SMILES string of the molecule is COc1ccc(Cl)cc1S(=O)(=O)N1CCC(C(=O)N(C)C)CC1. The van der Waals surface area contributed by atoms with Gasteiger partial charge in [0.15, 0.2) is 0 Å². The lowest BCUT2D eigenvalue weighted by molar-refractivity contribution is -0.134. The highest BCUT2D eigenvalue weighted by Gasteiger charge is 2.34. The minimum absolute atomic E-state index is 0.0439. The summed E-state index contributed by atoms with van der Waals surface area (Å²) in [6, 6.07) is 4.52. The Bertz CT molecular complexity index is 683. The summed E-state index contributed by atoms with van der Waals surface area (Å²) in [6.45, 7) is 0.616. The minimum atomic E-state index is -3.70. The molecule has 1 saturated heterocycles. The zero-order valence-electron chi connectivity index (χ0n) is 13.5. The Kier molecular flexibility index (Phi) is 5.54. The number of rotatable bonds is 4. The Morgan fingerprint density at radius 3 is 2.43 bits per heavy atom. The monoisotopic (exact) mass is 360 g/mol. The summed E-state index contributed by atoms with van der Waals surface area (Å²) in [7, 11) is 1.14. The van der Waals surface area contributed by atoms with Crippen LogP contribution in [-0.2, 0) is 14.8 Å². The van der Waals surface area contributed by atoms with Gasteiger partial charge in [0.05, 0.1) is 7.11 Å². The molecule has 0 atom stereocenters. The molecule has 0 saturated carbocycles. The summed E-state index contributed by atoms with van der Waals surface area (Å²) in [5.74, 6) is 0.181. The molecule has 8 heteroatoms. The molecule has 0 N–H and O–H groups in total. The highest BCUT2D eigenvalue weighted by atomic mass is 35.5. The first kappa shape index (κ1) is 18.0. The van der Waals surface area contributed by atoms with Crippen LogP contribution in [0.4, 0.5) is 0 Å². The van der Waals surface area contributed by atoms with Crippen LogP contribution in [0.25, 0.3) is 0 Å². The molecule has 128 valence electrons. The first-order chi connectivity index (χ1) is 10.8. The minimum Gasteiger partial charge on any atom is -0.495 e. The van der Waals surface area contributed by atoms with E-state index in [4.69, 9.17) is 16.3 Å². The predicted octanol–water partition coefficient (Wildman–Crippen LogP) is 1.84. The smallest absolute Gasteiger partial charge is 0.246 e. The normalized spacial score (nSPS) is 17.0. The lowest BCUT2D eigenvalue weighted by Crippen LogP contribution is -2.42. The maximum Gasteiger partial charge on any atom is 0.246 e. The standard InChI is InChI=1S/C15H21ClN2O4S/c1-17(2)15(19)11-6-8-18(9-7-11)23(20,21)14-10-12(16)4-5-13(14)22-3/h4-5,10-11H,6-9H2,1-3H3. The molecule has 0 aliphatic carbocycles. The molecule has 6 nitrogen and oxygen atoms in total. The van der Waals surface area contributed by atoms with Crippen LogP contribution >= 0.6 is 11.6 Å². The lowest BCUT2D eigenvalue weighted by Gasteiger charge is -2.32. The number of nitrogens with zero attached hydrogens (tertiary/aromatic N) is 2. The highest BCUT2D eigenvalue weighted by Crippen LogP contribution is 2.32. The van der Waals surface area contributed by atoms with Crippen molar-refractivity contribution < 1.29 is 17.9 Å². The largest absolute Gasteiger partial charge is 0.495 e. The number of carbonyl (C=O) groups excluding carboxylic acids is 1. The first-order valence-corrected chi connectivity index (χ1v) is 9.14. The second kappa shape index (κ2) is 7.07. The second-order valence-electron chi connectivity index (χ2n) is 5.71. The maximum atomic E-state index is 12.8. The van der Waals surface area contributed by atoms with Gasteiger partial charge in [-0.3, -0.25) is 4.79 Å². The number of carbonyl (C=O) groups is 1. The topological polar surface area (TPSA) is 66.9 Å². The average Bonchev–Trinajstić information content (AvgIpc) is 2.54. The zero-order valence-corrected chi connectivity index (χ0v) is 15.0. The average molecular weight is 361 g/mol. The predicted molar refractivity (Wildman–Crippen MR) is 88.2 cm³/mol. The van der Waals surface area contributed by atoms with E-state index >= 15 is 0 Å². The number of hydrogen-bond acceptors (Lipinski definition) is 4. The summed E-state index contributed by atoms with van der Waals surface area (Å²) in [5, 5.41) is 0.335. The molecule has 1 aromatic carbocycles. The van der Waals surface area contributed by atoms with Crippen LogP contribution < -0.4 is 4.74 Å². The highest BCUT2D eigenvalue weighted by molar-refractivity contribution is 7.89. The Morgan fingerprint density at radius 2 is 1.91 bits per heavy atom. The Balaban J connectivity index is 2.20. The molecule has 0 aromatic heterocycles. The van der Waals surface area contributed by atoms with E-state index < -0.39 is 10.0 Å². The number of amides is 1. The van der Waals surface area contributed by atoms with E-state index in [2.05, 4.69) is 0 Å². The summed E-state index contributed by atoms with van der Waals surface area (Å²) in [5.41, 5.74) is 0. The molecule has 1 aliphatic heterocycles. The van der Waals surface area contributed by atoms with Gasteiger partial charge in [-0.2, -0.15) is 4.31 Å². The number of ether oxygens (including phenoxy) is 1. The molecule has 1 amide bonds. The molecule has 0 unspecified atom stereocenters. The van der Waals surface area contributed by atoms with Crippen LogP contribution in [0, 0.1) is 5.92 Å². The van der Waals surface area contributed by atoms with E-state index in [1.54, 1.807) is 25.1 Å². The van der Waals surface area contributed by atoms with E-state index in [0.29, 0.717) is 31.0 Å². The summed E-state index contributed by atoms with van der Waals surface area (Å²) >= 11 is 5.93. The van der Waals surface area contributed by atoms with Crippen LogP contribution in [0.3, 0.4) is 0 Å². The Labute approximate surface area is 142 Å². The molecule has 2 rings (SSSR count). The fourth-order valence-electron chi connectivity index (χ4n) is 2.70. The van der Waals surface area contributed by atoms with Gasteiger partial charge >= 0.3 is 0 Å². The Morgan fingerprint density at radius 1 is 1.30 bits per heavy atom. The van der Waals surface area contributed by atoms with Crippen LogP contribution in [0.2, 0.25) is 5.02 Å². The van der Waals surface area contributed by atoms with Crippen molar-refractivity contribution in [3.05, 3.63) is 23.2 Å². The van der Waals surface area contributed by atoms with Crippen molar-refractivity contribution in [2.45, 2.75) is 17.7 Å². The third-order valence-electron chi connectivity index (χ3n) is 3.99. The van der Waals surface area contributed by atoms with E-state index in [1.165, 1.54) is 23.5 Å². The van der Waals surface area contributed by atoms with Crippen LogP contribution in [0.5, 0.6) is 5.75 Å².